The van der Waals surface area contributed by atoms with E-state index in [9.17, 15) is 9.90 Å². The SMILES string of the molecule is CC[NH+]1CCN(C2=NC(=O)C(=Cc3ccccc3[O-])S2)CC1. The van der Waals surface area contributed by atoms with E-state index in [2.05, 4.69) is 16.8 Å². The molecule has 1 saturated heterocycles. The van der Waals surface area contributed by atoms with Crippen LogP contribution in [0, 0.1) is 0 Å². The largest absolute Gasteiger partial charge is 0.872 e. The van der Waals surface area contributed by atoms with Crippen molar-refractivity contribution in [1.82, 2.24) is 4.90 Å². The molecule has 0 spiro atoms. The molecule has 2 aliphatic rings. The predicted octanol–water partition coefficient (Wildman–Crippen LogP) is -0.0491. The van der Waals surface area contributed by atoms with E-state index in [1.807, 2.05) is 0 Å². The Morgan fingerprint density at radius 3 is 2.77 bits per heavy atom. The monoisotopic (exact) mass is 317 g/mol. The first-order valence-electron chi connectivity index (χ1n) is 7.54. The fourth-order valence-corrected chi connectivity index (χ4v) is 3.60. The van der Waals surface area contributed by atoms with Crippen LogP contribution < -0.4 is 10.0 Å². The van der Waals surface area contributed by atoms with Gasteiger partial charge in [-0.1, -0.05) is 24.3 Å². The van der Waals surface area contributed by atoms with Crippen molar-refractivity contribution in [1.29, 1.82) is 0 Å². The number of para-hydroxylation sites is 1. The van der Waals surface area contributed by atoms with Gasteiger partial charge in [0.25, 0.3) is 5.91 Å². The Bertz CT molecular complexity index is 634. The highest BCUT2D eigenvalue weighted by Gasteiger charge is 2.29. The lowest BCUT2D eigenvalue weighted by Gasteiger charge is -2.32. The molecule has 1 aromatic carbocycles. The van der Waals surface area contributed by atoms with Crippen LogP contribution >= 0.6 is 11.8 Å². The van der Waals surface area contributed by atoms with Crippen LogP contribution in [0.4, 0.5) is 0 Å². The smallest absolute Gasteiger partial charge is 0.286 e. The summed E-state index contributed by atoms with van der Waals surface area (Å²) in [5.41, 5.74) is 0.537. The Labute approximate surface area is 134 Å². The number of amides is 1. The van der Waals surface area contributed by atoms with Crippen LogP contribution in [0.25, 0.3) is 6.08 Å². The van der Waals surface area contributed by atoms with Gasteiger partial charge in [-0.05, 0) is 30.3 Å². The van der Waals surface area contributed by atoms with E-state index in [1.165, 1.54) is 17.8 Å². The van der Waals surface area contributed by atoms with Gasteiger partial charge in [-0.25, -0.2) is 0 Å². The van der Waals surface area contributed by atoms with Gasteiger partial charge < -0.3 is 14.9 Å². The number of carbonyl (C=O) groups is 1. The van der Waals surface area contributed by atoms with Gasteiger partial charge in [-0.3, -0.25) is 4.79 Å². The standard InChI is InChI=1S/C16H19N3O2S/c1-2-18-7-9-19(10-8-18)16-17-15(21)14(22-16)11-12-5-3-4-6-13(12)20/h3-6,11,20H,2,7-10H2,1H3. The van der Waals surface area contributed by atoms with E-state index >= 15 is 0 Å². The Hall–Kier alpha value is -1.79. The first-order chi connectivity index (χ1) is 10.7. The van der Waals surface area contributed by atoms with Gasteiger partial charge in [-0.15, -0.1) is 5.75 Å². The minimum Gasteiger partial charge on any atom is -0.872 e. The Kier molecular flexibility index (Phi) is 4.49. The number of likely N-dealkylation sites (N-methyl/N-ethyl adjacent to an activating group) is 1. The molecule has 0 saturated carbocycles. The maximum atomic E-state index is 12.1. The average molecular weight is 317 g/mol. The zero-order valence-corrected chi connectivity index (χ0v) is 13.4. The van der Waals surface area contributed by atoms with Crippen LogP contribution in [-0.2, 0) is 4.79 Å². The zero-order valence-electron chi connectivity index (χ0n) is 12.5. The van der Waals surface area contributed by atoms with E-state index in [-0.39, 0.29) is 11.7 Å². The molecule has 1 amide bonds. The van der Waals surface area contributed by atoms with Crippen molar-refractivity contribution >= 4 is 28.9 Å². The maximum absolute atomic E-state index is 12.1. The van der Waals surface area contributed by atoms with E-state index in [0.29, 0.717) is 10.5 Å². The first-order valence-corrected chi connectivity index (χ1v) is 8.36. The van der Waals surface area contributed by atoms with Crippen molar-refractivity contribution in [3.63, 3.8) is 0 Å². The number of rotatable bonds is 2. The second kappa shape index (κ2) is 6.54. The molecule has 0 unspecified atom stereocenters. The van der Waals surface area contributed by atoms with E-state index in [4.69, 9.17) is 0 Å². The number of nitrogens with zero attached hydrogens (tertiary/aromatic N) is 2. The number of aliphatic imine (C=N–C) groups is 1. The number of benzene rings is 1. The maximum Gasteiger partial charge on any atom is 0.286 e. The van der Waals surface area contributed by atoms with Crippen molar-refractivity contribution in [3.8, 4) is 5.75 Å². The van der Waals surface area contributed by atoms with Crippen LogP contribution in [0.1, 0.15) is 12.5 Å². The van der Waals surface area contributed by atoms with Crippen LogP contribution in [0.2, 0.25) is 0 Å². The first kappa shape index (κ1) is 15.1. The van der Waals surface area contributed by atoms with Crippen LogP contribution in [0.5, 0.6) is 5.75 Å². The molecule has 1 fully saturated rings. The summed E-state index contributed by atoms with van der Waals surface area (Å²) in [7, 11) is 0. The minimum atomic E-state index is -0.242. The lowest BCUT2D eigenvalue weighted by molar-refractivity contribution is -0.902. The summed E-state index contributed by atoms with van der Waals surface area (Å²) in [5, 5.41) is 12.5. The molecule has 22 heavy (non-hydrogen) atoms. The Balaban J connectivity index is 1.70. The fourth-order valence-electron chi connectivity index (χ4n) is 2.64. The van der Waals surface area contributed by atoms with E-state index in [0.717, 1.165) is 37.9 Å². The molecule has 1 N–H and O–H groups in total. The van der Waals surface area contributed by atoms with Crippen molar-refractivity contribution < 1.29 is 14.8 Å². The molecular weight excluding hydrogens is 298 g/mol. The summed E-state index contributed by atoms with van der Waals surface area (Å²) in [6, 6.07) is 6.73. The summed E-state index contributed by atoms with van der Waals surface area (Å²) in [6.45, 7) is 7.33. The highest BCUT2D eigenvalue weighted by atomic mass is 32.2. The molecule has 0 radical (unpaired) electrons. The highest BCUT2D eigenvalue weighted by molar-refractivity contribution is 8.18. The number of carbonyl (C=O) groups excluding carboxylic acids is 1. The lowest BCUT2D eigenvalue weighted by atomic mass is 10.2. The van der Waals surface area contributed by atoms with Gasteiger partial charge in [-0.2, -0.15) is 4.99 Å². The summed E-state index contributed by atoms with van der Waals surface area (Å²) >= 11 is 1.38. The van der Waals surface area contributed by atoms with Crippen LogP contribution in [0.15, 0.2) is 34.2 Å². The fraction of sp³-hybridized carbons (Fsp3) is 0.375. The molecule has 6 heteroatoms. The van der Waals surface area contributed by atoms with Gasteiger partial charge >= 0.3 is 0 Å². The molecule has 0 aromatic heterocycles. The summed E-state index contributed by atoms with van der Waals surface area (Å²) in [6.07, 6.45) is 1.65. The molecule has 2 aliphatic heterocycles. The average Bonchev–Trinajstić information content (AvgIpc) is 2.91. The van der Waals surface area contributed by atoms with E-state index < -0.39 is 0 Å². The molecule has 5 nitrogen and oxygen atoms in total. The molecule has 1 aromatic rings. The van der Waals surface area contributed by atoms with Gasteiger partial charge in [0.1, 0.15) is 0 Å². The number of hydrogen-bond donors (Lipinski definition) is 1. The molecule has 116 valence electrons. The van der Waals surface area contributed by atoms with Crippen LogP contribution in [0.3, 0.4) is 0 Å². The highest BCUT2D eigenvalue weighted by Crippen LogP contribution is 2.31. The molecule has 0 atom stereocenters. The van der Waals surface area contributed by atoms with Crippen molar-refractivity contribution in [2.75, 3.05) is 32.7 Å². The Morgan fingerprint density at radius 1 is 1.36 bits per heavy atom. The van der Waals surface area contributed by atoms with Crippen molar-refractivity contribution in [2.24, 2.45) is 4.99 Å². The van der Waals surface area contributed by atoms with Gasteiger partial charge in [0.05, 0.1) is 37.6 Å². The van der Waals surface area contributed by atoms with Gasteiger partial charge in [0.2, 0.25) is 0 Å². The minimum absolute atomic E-state index is 0.0722. The number of piperazine rings is 1. The summed E-state index contributed by atoms with van der Waals surface area (Å²) in [5.74, 6) is -0.314. The van der Waals surface area contributed by atoms with Crippen LogP contribution in [-0.4, -0.2) is 48.7 Å². The molecule has 2 heterocycles. The Morgan fingerprint density at radius 2 is 2.09 bits per heavy atom. The lowest BCUT2D eigenvalue weighted by Crippen LogP contribution is -3.14. The second-order valence-corrected chi connectivity index (χ2v) is 6.45. The summed E-state index contributed by atoms with van der Waals surface area (Å²) in [4.78, 5) is 20.5. The number of amidine groups is 1. The molecule has 3 rings (SSSR count). The normalized spacial score (nSPS) is 21.5. The second-order valence-electron chi connectivity index (χ2n) is 5.44. The quantitative estimate of drug-likeness (QED) is 0.777. The third kappa shape index (κ3) is 3.18. The zero-order chi connectivity index (χ0) is 15.5. The molecular formula is C16H19N3O2S. The molecule has 0 bridgehead atoms. The third-order valence-corrected chi connectivity index (χ3v) is 5.10. The van der Waals surface area contributed by atoms with Crippen molar-refractivity contribution in [2.45, 2.75) is 6.92 Å². The number of nitrogens with one attached hydrogen (secondary N) is 1. The van der Waals surface area contributed by atoms with Crippen molar-refractivity contribution in [3.05, 3.63) is 34.7 Å². The van der Waals surface area contributed by atoms with Gasteiger partial charge in [0, 0.05) is 0 Å². The third-order valence-electron chi connectivity index (χ3n) is 4.06. The summed E-state index contributed by atoms with van der Waals surface area (Å²) < 4.78 is 0. The number of thioether (sulfide) groups is 1. The number of quaternary nitrogens is 1. The van der Waals surface area contributed by atoms with Gasteiger partial charge in [0.15, 0.2) is 5.17 Å². The number of hydrogen-bond acceptors (Lipinski definition) is 4. The van der Waals surface area contributed by atoms with E-state index in [1.54, 1.807) is 29.2 Å². The topological polar surface area (TPSA) is 60.2 Å². The molecule has 0 aliphatic carbocycles. The predicted molar refractivity (Wildman–Crippen MR) is 86.7 cm³/mol.